The van der Waals surface area contributed by atoms with Crippen LogP contribution in [0.1, 0.15) is 43.9 Å². The van der Waals surface area contributed by atoms with Crippen molar-refractivity contribution in [3.8, 4) is 0 Å². The van der Waals surface area contributed by atoms with Gasteiger partial charge in [-0.3, -0.25) is 0 Å². The molecule has 19 heavy (non-hydrogen) atoms. The van der Waals surface area contributed by atoms with E-state index >= 15 is 0 Å². The van der Waals surface area contributed by atoms with E-state index in [9.17, 15) is 0 Å². The average molecular weight is 280 g/mol. The van der Waals surface area contributed by atoms with Crippen molar-refractivity contribution >= 4 is 8.80 Å². The number of hydrogen-bond acceptors (Lipinski definition) is 3. The van der Waals surface area contributed by atoms with Crippen molar-refractivity contribution in [1.82, 2.24) is 0 Å². The summed E-state index contributed by atoms with van der Waals surface area (Å²) in [7, 11) is -2.45. The highest BCUT2D eigenvalue weighted by molar-refractivity contribution is 6.60. The molecule has 2 rings (SSSR count). The molecule has 1 fully saturated rings. The Labute approximate surface area is 117 Å². The molecule has 1 aromatic rings. The summed E-state index contributed by atoms with van der Waals surface area (Å²) in [5.74, 6) is 0. The van der Waals surface area contributed by atoms with E-state index in [0.29, 0.717) is 13.2 Å². The Morgan fingerprint density at radius 1 is 1.21 bits per heavy atom. The topological polar surface area (TPSA) is 27.7 Å². The van der Waals surface area contributed by atoms with Crippen LogP contribution in [0.2, 0.25) is 6.04 Å². The van der Waals surface area contributed by atoms with Gasteiger partial charge in [-0.2, -0.15) is 0 Å². The second-order valence-electron chi connectivity index (χ2n) is 4.90. The van der Waals surface area contributed by atoms with Crippen molar-refractivity contribution < 1.29 is 13.3 Å². The second-order valence-corrected chi connectivity index (χ2v) is 7.58. The molecule has 4 heteroatoms. The maximum Gasteiger partial charge on any atom is 0.501 e. The molecule has 1 aromatic carbocycles. The number of rotatable bonds is 5. The van der Waals surface area contributed by atoms with Crippen LogP contribution in [0, 0.1) is 6.92 Å². The van der Waals surface area contributed by atoms with Crippen molar-refractivity contribution in [2.24, 2.45) is 0 Å². The van der Waals surface area contributed by atoms with Gasteiger partial charge in [-0.25, -0.2) is 0 Å². The zero-order valence-electron chi connectivity index (χ0n) is 12.1. The molecule has 1 aliphatic rings. The van der Waals surface area contributed by atoms with Gasteiger partial charge < -0.3 is 13.3 Å². The van der Waals surface area contributed by atoms with E-state index in [-0.39, 0.29) is 6.10 Å². The van der Waals surface area contributed by atoms with Gasteiger partial charge in [-0.05, 0) is 44.7 Å². The molecule has 3 nitrogen and oxygen atoms in total. The van der Waals surface area contributed by atoms with Crippen LogP contribution in [0.3, 0.4) is 0 Å². The third-order valence-electron chi connectivity index (χ3n) is 3.53. The van der Waals surface area contributed by atoms with Crippen LogP contribution < -0.4 is 0 Å². The first kappa shape index (κ1) is 14.7. The molecular formula is C15H24O3Si. The van der Waals surface area contributed by atoms with E-state index in [0.717, 1.165) is 18.9 Å². The molecule has 1 unspecified atom stereocenters. The maximum atomic E-state index is 6.32. The molecule has 0 bridgehead atoms. The van der Waals surface area contributed by atoms with Crippen LogP contribution in [0.5, 0.6) is 0 Å². The zero-order chi connectivity index (χ0) is 13.7. The minimum Gasteiger partial charge on any atom is -0.374 e. The third-order valence-corrected chi connectivity index (χ3v) is 6.60. The van der Waals surface area contributed by atoms with Gasteiger partial charge >= 0.3 is 8.80 Å². The first-order chi connectivity index (χ1) is 9.21. The molecule has 0 aromatic heterocycles. The first-order valence-electron chi connectivity index (χ1n) is 7.22. The molecule has 0 saturated carbocycles. The summed E-state index contributed by atoms with van der Waals surface area (Å²) in [6, 6.07) is 9.37. The van der Waals surface area contributed by atoms with Gasteiger partial charge in [-0.1, -0.05) is 24.3 Å². The zero-order valence-corrected chi connectivity index (χ0v) is 13.1. The van der Waals surface area contributed by atoms with Crippen molar-refractivity contribution in [3.63, 3.8) is 0 Å². The largest absolute Gasteiger partial charge is 0.501 e. The van der Waals surface area contributed by atoms with E-state index in [1.54, 1.807) is 0 Å². The highest BCUT2D eigenvalue weighted by Crippen LogP contribution is 2.37. The lowest BCUT2D eigenvalue weighted by Gasteiger charge is -2.37. The molecule has 1 aliphatic heterocycles. The Kier molecular flexibility index (Phi) is 5.16. The molecule has 106 valence electrons. The molecule has 1 saturated heterocycles. The van der Waals surface area contributed by atoms with Crippen LogP contribution in [-0.2, 0) is 13.3 Å². The average Bonchev–Trinajstić information content (AvgIpc) is 2.40. The number of aryl methyl sites for hydroxylation is 1. The summed E-state index contributed by atoms with van der Waals surface area (Å²) < 4.78 is 18.1. The van der Waals surface area contributed by atoms with E-state index in [4.69, 9.17) is 13.3 Å². The standard InChI is InChI=1S/C15H24O3Si/c1-4-16-19(17-5-2)12-8-11-15(18-19)14-10-7-6-9-13(14)3/h6-7,9-10,15H,4-5,8,11-12H2,1-3H3. The summed E-state index contributed by atoms with van der Waals surface area (Å²) >= 11 is 0. The molecule has 0 aliphatic carbocycles. The molecular weight excluding hydrogens is 256 g/mol. The van der Waals surface area contributed by atoms with Gasteiger partial charge in [0.1, 0.15) is 0 Å². The fraction of sp³-hybridized carbons (Fsp3) is 0.600. The van der Waals surface area contributed by atoms with Crippen LogP contribution in [0.4, 0.5) is 0 Å². The summed E-state index contributed by atoms with van der Waals surface area (Å²) in [4.78, 5) is 0. The molecule has 1 atom stereocenters. The van der Waals surface area contributed by atoms with Gasteiger partial charge in [0.05, 0.1) is 6.10 Å². The summed E-state index contributed by atoms with van der Waals surface area (Å²) in [6.45, 7) is 7.47. The van der Waals surface area contributed by atoms with Crippen LogP contribution in [-0.4, -0.2) is 22.0 Å². The Morgan fingerprint density at radius 3 is 2.53 bits per heavy atom. The van der Waals surface area contributed by atoms with Gasteiger partial charge in [0.15, 0.2) is 0 Å². The van der Waals surface area contributed by atoms with Crippen LogP contribution in [0.15, 0.2) is 24.3 Å². The summed E-state index contributed by atoms with van der Waals surface area (Å²) in [5.41, 5.74) is 2.56. The lowest BCUT2D eigenvalue weighted by atomic mass is 10.0. The summed E-state index contributed by atoms with van der Waals surface area (Å²) in [5, 5.41) is 0. The third kappa shape index (κ3) is 3.45. The van der Waals surface area contributed by atoms with Crippen molar-refractivity contribution in [3.05, 3.63) is 35.4 Å². The predicted molar refractivity (Wildman–Crippen MR) is 78.1 cm³/mol. The van der Waals surface area contributed by atoms with E-state index in [2.05, 4.69) is 31.2 Å². The van der Waals surface area contributed by atoms with E-state index < -0.39 is 8.80 Å². The minimum atomic E-state index is -2.45. The Balaban J connectivity index is 2.17. The summed E-state index contributed by atoms with van der Waals surface area (Å²) in [6.07, 6.45) is 2.30. The lowest BCUT2D eigenvalue weighted by Crippen LogP contribution is -2.49. The number of hydrogen-bond donors (Lipinski definition) is 0. The normalized spacial score (nSPS) is 22.4. The fourth-order valence-electron chi connectivity index (χ4n) is 2.70. The monoisotopic (exact) mass is 280 g/mol. The second kappa shape index (κ2) is 6.66. The predicted octanol–water partition coefficient (Wildman–Crippen LogP) is 3.86. The van der Waals surface area contributed by atoms with Gasteiger partial charge in [-0.15, -0.1) is 0 Å². The van der Waals surface area contributed by atoms with E-state index in [1.165, 1.54) is 11.1 Å². The Hall–Kier alpha value is -0.683. The quantitative estimate of drug-likeness (QED) is 0.767. The molecule has 0 radical (unpaired) electrons. The van der Waals surface area contributed by atoms with Crippen LogP contribution >= 0.6 is 0 Å². The van der Waals surface area contributed by atoms with Crippen molar-refractivity contribution in [1.29, 1.82) is 0 Å². The van der Waals surface area contributed by atoms with Crippen molar-refractivity contribution in [2.45, 2.75) is 45.8 Å². The molecule has 0 amide bonds. The Bertz CT molecular complexity index is 397. The fourth-order valence-corrected chi connectivity index (χ4v) is 5.52. The smallest absolute Gasteiger partial charge is 0.374 e. The maximum absolute atomic E-state index is 6.32. The highest BCUT2D eigenvalue weighted by Gasteiger charge is 2.45. The first-order valence-corrected chi connectivity index (χ1v) is 9.15. The Morgan fingerprint density at radius 2 is 1.89 bits per heavy atom. The van der Waals surface area contributed by atoms with Crippen molar-refractivity contribution in [2.75, 3.05) is 13.2 Å². The lowest BCUT2D eigenvalue weighted by molar-refractivity contribution is 0.0124. The minimum absolute atomic E-state index is 0.125. The molecule has 1 heterocycles. The highest BCUT2D eigenvalue weighted by atomic mass is 28.4. The van der Waals surface area contributed by atoms with Gasteiger partial charge in [0.25, 0.3) is 0 Å². The molecule has 0 N–H and O–H groups in total. The number of benzene rings is 1. The molecule has 0 spiro atoms. The SMILES string of the molecule is CCO[Si]1(OCC)CCCC(c2ccccc2C)O1. The van der Waals surface area contributed by atoms with Gasteiger partial charge in [0.2, 0.25) is 0 Å². The van der Waals surface area contributed by atoms with E-state index in [1.807, 2.05) is 13.8 Å². The van der Waals surface area contributed by atoms with Crippen LogP contribution in [0.25, 0.3) is 0 Å². The van der Waals surface area contributed by atoms with Gasteiger partial charge in [0, 0.05) is 19.3 Å².